The fourth-order valence-corrected chi connectivity index (χ4v) is 4.58. The summed E-state index contributed by atoms with van der Waals surface area (Å²) in [6.45, 7) is 6.41. The number of hydrogen-bond donors (Lipinski definition) is 1. The van der Waals surface area contributed by atoms with Crippen molar-refractivity contribution in [2.45, 2.75) is 43.4 Å². The average molecular weight is 342 g/mol. The van der Waals surface area contributed by atoms with Gasteiger partial charge in [0.15, 0.2) is 0 Å². The molecule has 1 aromatic rings. The van der Waals surface area contributed by atoms with Crippen LogP contribution < -0.4 is 4.72 Å². The van der Waals surface area contributed by atoms with Crippen molar-refractivity contribution in [2.24, 2.45) is 5.92 Å². The minimum Gasteiger partial charge on any atom is -0.375 e. The van der Waals surface area contributed by atoms with Gasteiger partial charge in [-0.1, -0.05) is 19.9 Å². The Kier molecular flexibility index (Phi) is 4.73. The summed E-state index contributed by atoms with van der Waals surface area (Å²) in [5.74, 6) is -0.108. The van der Waals surface area contributed by atoms with E-state index in [-0.39, 0.29) is 23.1 Å². The van der Waals surface area contributed by atoms with Gasteiger partial charge >= 0.3 is 0 Å². The SMILES string of the molecule is CC(C)[C@H]1CN2C[C@@H](NS(=O)(=O)c3cccc(F)c3)C[C@H]2CO1. The first-order chi connectivity index (χ1) is 10.8. The normalized spacial score (nSPS) is 29.0. The highest BCUT2D eigenvalue weighted by atomic mass is 32.2. The van der Waals surface area contributed by atoms with Crippen LogP contribution in [0.4, 0.5) is 4.39 Å². The van der Waals surface area contributed by atoms with Gasteiger partial charge in [0, 0.05) is 25.2 Å². The number of sulfonamides is 1. The summed E-state index contributed by atoms with van der Waals surface area (Å²) in [5, 5.41) is 0. The fraction of sp³-hybridized carbons (Fsp3) is 0.625. The van der Waals surface area contributed by atoms with Gasteiger partial charge in [0.1, 0.15) is 5.82 Å². The third-order valence-electron chi connectivity index (χ3n) is 4.62. The number of rotatable bonds is 4. The topological polar surface area (TPSA) is 58.6 Å². The molecule has 1 N–H and O–H groups in total. The molecule has 1 aromatic carbocycles. The van der Waals surface area contributed by atoms with E-state index in [0.29, 0.717) is 19.1 Å². The number of fused-ring (bicyclic) bond motifs is 1. The molecule has 0 aliphatic carbocycles. The first-order valence-electron chi connectivity index (χ1n) is 7.98. The zero-order valence-corrected chi connectivity index (χ0v) is 14.2. The van der Waals surface area contributed by atoms with E-state index in [0.717, 1.165) is 19.0 Å². The number of nitrogens with one attached hydrogen (secondary N) is 1. The van der Waals surface area contributed by atoms with E-state index in [9.17, 15) is 12.8 Å². The zero-order chi connectivity index (χ0) is 16.6. The van der Waals surface area contributed by atoms with E-state index in [1.165, 1.54) is 18.2 Å². The van der Waals surface area contributed by atoms with Crippen LogP contribution in [0.2, 0.25) is 0 Å². The van der Waals surface area contributed by atoms with Gasteiger partial charge in [-0.3, -0.25) is 4.90 Å². The van der Waals surface area contributed by atoms with Gasteiger partial charge in [-0.15, -0.1) is 0 Å². The molecule has 5 nitrogen and oxygen atoms in total. The molecule has 2 aliphatic heterocycles. The van der Waals surface area contributed by atoms with Gasteiger partial charge in [0.05, 0.1) is 17.6 Å². The molecule has 3 atom stereocenters. The van der Waals surface area contributed by atoms with E-state index < -0.39 is 15.8 Å². The highest BCUT2D eigenvalue weighted by Gasteiger charge is 2.39. The van der Waals surface area contributed by atoms with Crippen molar-refractivity contribution in [3.63, 3.8) is 0 Å². The Balaban J connectivity index is 1.66. The summed E-state index contributed by atoms with van der Waals surface area (Å²) in [6, 6.07) is 5.18. The number of nitrogens with zero attached hydrogens (tertiary/aromatic N) is 1. The molecule has 0 radical (unpaired) electrons. The Labute approximate surface area is 136 Å². The minimum atomic E-state index is -3.70. The summed E-state index contributed by atoms with van der Waals surface area (Å²) in [4.78, 5) is 2.27. The Morgan fingerprint density at radius 1 is 1.35 bits per heavy atom. The average Bonchev–Trinajstić information content (AvgIpc) is 2.87. The highest BCUT2D eigenvalue weighted by molar-refractivity contribution is 7.89. The molecular weight excluding hydrogens is 319 g/mol. The summed E-state index contributed by atoms with van der Waals surface area (Å²) in [6.07, 6.45) is 0.921. The van der Waals surface area contributed by atoms with Crippen LogP contribution >= 0.6 is 0 Å². The Hall–Kier alpha value is -1.02. The van der Waals surface area contributed by atoms with E-state index in [1.807, 2.05) is 0 Å². The zero-order valence-electron chi connectivity index (χ0n) is 13.4. The monoisotopic (exact) mass is 342 g/mol. The van der Waals surface area contributed by atoms with E-state index in [4.69, 9.17) is 4.74 Å². The molecule has 0 saturated carbocycles. The minimum absolute atomic E-state index is 0.0290. The predicted molar refractivity (Wildman–Crippen MR) is 85.1 cm³/mol. The van der Waals surface area contributed by atoms with Crippen molar-refractivity contribution >= 4 is 10.0 Å². The molecule has 2 saturated heterocycles. The standard InChI is InChI=1S/C16H23FN2O3S/c1-11(2)16-9-19-8-13(7-14(19)10-22-16)18-23(20,21)15-5-3-4-12(17)6-15/h3-6,11,13-14,16,18H,7-10H2,1-2H3/t13-,14-,16+/m0/s1. The van der Waals surface area contributed by atoms with Gasteiger partial charge in [-0.25, -0.2) is 17.5 Å². The van der Waals surface area contributed by atoms with Crippen molar-refractivity contribution in [2.75, 3.05) is 19.7 Å². The lowest BCUT2D eigenvalue weighted by atomic mass is 10.0. The quantitative estimate of drug-likeness (QED) is 0.903. The molecule has 23 heavy (non-hydrogen) atoms. The lowest BCUT2D eigenvalue weighted by Gasteiger charge is -2.36. The van der Waals surface area contributed by atoms with Gasteiger partial charge < -0.3 is 4.74 Å². The molecule has 2 heterocycles. The predicted octanol–water partition coefficient (Wildman–Crippen LogP) is 1.60. The largest absolute Gasteiger partial charge is 0.375 e. The van der Waals surface area contributed by atoms with Crippen molar-refractivity contribution in [1.29, 1.82) is 0 Å². The van der Waals surface area contributed by atoms with Crippen LogP contribution in [-0.4, -0.2) is 51.2 Å². The summed E-state index contributed by atoms with van der Waals surface area (Å²) >= 11 is 0. The smallest absolute Gasteiger partial charge is 0.240 e. The first-order valence-corrected chi connectivity index (χ1v) is 9.47. The second-order valence-corrected chi connectivity index (χ2v) is 8.45. The lowest BCUT2D eigenvalue weighted by molar-refractivity contribution is -0.0683. The summed E-state index contributed by atoms with van der Waals surface area (Å²) in [5.41, 5.74) is 0. The van der Waals surface area contributed by atoms with E-state index >= 15 is 0 Å². The molecular formula is C16H23FN2O3S. The second kappa shape index (κ2) is 6.47. The molecule has 0 unspecified atom stereocenters. The number of halogens is 1. The van der Waals surface area contributed by atoms with E-state index in [1.54, 1.807) is 0 Å². The van der Waals surface area contributed by atoms with Gasteiger partial charge in [0.25, 0.3) is 0 Å². The third-order valence-corrected chi connectivity index (χ3v) is 6.13. The summed E-state index contributed by atoms with van der Waals surface area (Å²) < 4.78 is 46.6. The molecule has 0 bridgehead atoms. The fourth-order valence-electron chi connectivity index (χ4n) is 3.31. The van der Waals surface area contributed by atoms with Crippen LogP contribution in [0.3, 0.4) is 0 Å². The number of benzene rings is 1. The summed E-state index contributed by atoms with van der Waals surface area (Å²) in [7, 11) is -3.70. The third kappa shape index (κ3) is 3.74. The van der Waals surface area contributed by atoms with Crippen LogP contribution in [0.15, 0.2) is 29.2 Å². The van der Waals surface area contributed by atoms with Crippen molar-refractivity contribution in [3.05, 3.63) is 30.1 Å². The highest BCUT2D eigenvalue weighted by Crippen LogP contribution is 2.26. The molecule has 0 aromatic heterocycles. The van der Waals surface area contributed by atoms with Gasteiger partial charge in [-0.2, -0.15) is 0 Å². The number of ether oxygens (including phenoxy) is 1. The molecule has 2 aliphatic rings. The lowest BCUT2D eigenvalue weighted by Crippen LogP contribution is -2.48. The van der Waals surface area contributed by atoms with E-state index in [2.05, 4.69) is 23.5 Å². The Bertz CT molecular complexity index is 665. The molecule has 3 rings (SSSR count). The molecule has 0 spiro atoms. The van der Waals surface area contributed by atoms with Gasteiger partial charge in [-0.05, 0) is 30.5 Å². The Morgan fingerprint density at radius 3 is 2.83 bits per heavy atom. The van der Waals surface area contributed by atoms with Crippen LogP contribution in [0.5, 0.6) is 0 Å². The maximum absolute atomic E-state index is 13.3. The number of morpholine rings is 1. The molecule has 7 heteroatoms. The van der Waals surface area contributed by atoms with Crippen LogP contribution in [0.1, 0.15) is 20.3 Å². The first kappa shape index (κ1) is 16.8. The Morgan fingerprint density at radius 2 is 2.13 bits per heavy atom. The van der Waals surface area contributed by atoms with Gasteiger partial charge in [0.2, 0.25) is 10.0 Å². The molecule has 0 amide bonds. The van der Waals surface area contributed by atoms with Crippen LogP contribution in [-0.2, 0) is 14.8 Å². The van der Waals surface area contributed by atoms with Crippen molar-refractivity contribution < 1.29 is 17.5 Å². The van der Waals surface area contributed by atoms with Crippen molar-refractivity contribution in [1.82, 2.24) is 9.62 Å². The molecule has 128 valence electrons. The molecule has 2 fully saturated rings. The maximum atomic E-state index is 13.3. The van der Waals surface area contributed by atoms with Crippen LogP contribution in [0, 0.1) is 11.7 Å². The number of hydrogen-bond acceptors (Lipinski definition) is 4. The van der Waals surface area contributed by atoms with Crippen molar-refractivity contribution in [3.8, 4) is 0 Å². The maximum Gasteiger partial charge on any atom is 0.240 e. The van der Waals surface area contributed by atoms with Crippen LogP contribution in [0.25, 0.3) is 0 Å². The second-order valence-electron chi connectivity index (χ2n) is 6.73.